The molecule has 0 radical (unpaired) electrons. The Bertz CT molecular complexity index is 507. The van der Waals surface area contributed by atoms with Crippen molar-refractivity contribution >= 4 is 11.6 Å². The molecular weight excluding hydrogens is 290 g/mol. The largest absolute Gasteiger partial charge is 0.300 e. The number of piperidine rings is 1. The molecule has 0 aliphatic carbocycles. The van der Waals surface area contributed by atoms with Gasteiger partial charge in [0, 0.05) is 17.1 Å². The van der Waals surface area contributed by atoms with E-state index >= 15 is 0 Å². The summed E-state index contributed by atoms with van der Waals surface area (Å²) in [5.41, 5.74) is 1.47. The first-order valence-electron chi connectivity index (χ1n) is 8.84. The van der Waals surface area contributed by atoms with Gasteiger partial charge in [-0.15, -0.1) is 0 Å². The fraction of sp³-hybridized carbons (Fsp3) is 0.600. The van der Waals surface area contributed by atoms with Gasteiger partial charge >= 0.3 is 0 Å². The van der Waals surface area contributed by atoms with Gasteiger partial charge in [0.25, 0.3) is 0 Å². The first kappa shape index (κ1) is 16.1. The van der Waals surface area contributed by atoms with E-state index in [9.17, 15) is 0 Å². The number of halogens is 1. The Morgan fingerprint density at radius 2 is 2.00 bits per heavy atom. The number of allylic oxidation sites excluding steroid dienone is 1. The molecular formula is C20H28ClN. The smallest absolute Gasteiger partial charge is 0.0406 e. The quantitative estimate of drug-likeness (QED) is 0.501. The van der Waals surface area contributed by atoms with Crippen LogP contribution in [-0.2, 0) is 0 Å². The number of hydrogen-bond donors (Lipinski definition) is 0. The van der Waals surface area contributed by atoms with Crippen LogP contribution in [0.25, 0.3) is 0 Å². The number of hydrogen-bond acceptors (Lipinski definition) is 1. The van der Waals surface area contributed by atoms with Gasteiger partial charge in [0.05, 0.1) is 0 Å². The second kappa shape index (κ2) is 7.19. The minimum atomic E-state index is 0.654. The van der Waals surface area contributed by atoms with Crippen LogP contribution in [0.2, 0.25) is 5.02 Å². The number of unbranched alkanes of at least 4 members (excludes halogenated alkanes) is 2. The Balaban J connectivity index is 1.82. The van der Waals surface area contributed by atoms with Crippen LogP contribution in [0.15, 0.2) is 36.4 Å². The molecule has 3 rings (SSSR count). The fourth-order valence-corrected chi connectivity index (χ4v) is 4.54. The highest BCUT2D eigenvalue weighted by molar-refractivity contribution is 6.30. The van der Waals surface area contributed by atoms with Gasteiger partial charge in [-0.1, -0.05) is 55.7 Å². The van der Waals surface area contributed by atoms with Crippen LogP contribution in [0.3, 0.4) is 0 Å². The van der Waals surface area contributed by atoms with Crippen molar-refractivity contribution < 1.29 is 0 Å². The van der Waals surface area contributed by atoms with Crippen LogP contribution in [0.1, 0.15) is 56.9 Å². The summed E-state index contributed by atoms with van der Waals surface area (Å²) in [6.07, 6.45) is 12.8. The van der Waals surface area contributed by atoms with Gasteiger partial charge < -0.3 is 0 Å². The summed E-state index contributed by atoms with van der Waals surface area (Å²) < 4.78 is 0. The average molecular weight is 318 g/mol. The second-order valence-electron chi connectivity index (χ2n) is 7.01. The van der Waals surface area contributed by atoms with Gasteiger partial charge in [0.15, 0.2) is 0 Å². The summed E-state index contributed by atoms with van der Waals surface area (Å²) in [4.78, 5) is 2.64. The van der Waals surface area contributed by atoms with E-state index in [1.165, 1.54) is 44.1 Å². The summed E-state index contributed by atoms with van der Waals surface area (Å²) in [7, 11) is 2.33. The molecule has 2 bridgehead atoms. The molecule has 0 unspecified atom stereocenters. The molecule has 2 saturated heterocycles. The minimum absolute atomic E-state index is 0.654. The molecule has 2 heterocycles. The number of rotatable bonds is 5. The van der Waals surface area contributed by atoms with E-state index in [1.54, 1.807) is 0 Å². The highest BCUT2D eigenvalue weighted by atomic mass is 35.5. The molecule has 2 fully saturated rings. The van der Waals surface area contributed by atoms with Crippen molar-refractivity contribution in [1.29, 1.82) is 0 Å². The molecule has 4 atom stereocenters. The zero-order valence-corrected chi connectivity index (χ0v) is 14.6. The maximum absolute atomic E-state index is 6.08. The Labute approximate surface area is 140 Å². The van der Waals surface area contributed by atoms with Crippen molar-refractivity contribution in [3.8, 4) is 0 Å². The van der Waals surface area contributed by atoms with Crippen LogP contribution >= 0.6 is 11.6 Å². The zero-order valence-electron chi connectivity index (χ0n) is 13.8. The number of nitrogens with zero attached hydrogens (tertiary/aromatic N) is 1. The topological polar surface area (TPSA) is 3.24 Å². The van der Waals surface area contributed by atoms with Crippen molar-refractivity contribution in [2.45, 2.75) is 63.5 Å². The van der Waals surface area contributed by atoms with Crippen LogP contribution in [0.5, 0.6) is 0 Å². The van der Waals surface area contributed by atoms with Crippen LogP contribution < -0.4 is 0 Å². The Kier molecular flexibility index (Phi) is 5.25. The maximum atomic E-state index is 6.08. The number of fused-ring (bicyclic) bond motifs is 2. The van der Waals surface area contributed by atoms with Crippen LogP contribution in [0.4, 0.5) is 0 Å². The Morgan fingerprint density at radius 3 is 2.73 bits per heavy atom. The van der Waals surface area contributed by atoms with E-state index in [2.05, 4.69) is 55.3 Å². The predicted molar refractivity (Wildman–Crippen MR) is 95.5 cm³/mol. The van der Waals surface area contributed by atoms with Crippen molar-refractivity contribution in [2.75, 3.05) is 7.05 Å². The SMILES string of the molecule is CCCC/C=C/[C@H]1[C@@H](c2ccc(Cl)cc2)C[C@@H]2CC[C@H]1N2C. The minimum Gasteiger partial charge on any atom is -0.300 e. The Morgan fingerprint density at radius 1 is 1.23 bits per heavy atom. The van der Waals surface area contributed by atoms with Crippen molar-refractivity contribution in [3.63, 3.8) is 0 Å². The molecule has 0 spiro atoms. The molecule has 120 valence electrons. The van der Waals surface area contributed by atoms with E-state index in [1.807, 2.05) is 0 Å². The van der Waals surface area contributed by atoms with Crippen LogP contribution in [-0.4, -0.2) is 24.0 Å². The standard InChI is InChI=1S/C20H28ClN/c1-3-4-5-6-7-18-19(15-8-10-16(21)11-9-15)14-17-12-13-20(18)22(17)2/h6-11,17-20H,3-5,12-14H2,1-2H3/b7-6+/t17-,18-,19+,20+/m0/s1. The third-order valence-electron chi connectivity index (χ3n) is 5.71. The molecule has 1 aromatic rings. The molecule has 1 aromatic carbocycles. The van der Waals surface area contributed by atoms with E-state index in [0.29, 0.717) is 11.8 Å². The van der Waals surface area contributed by atoms with Crippen molar-refractivity contribution in [1.82, 2.24) is 4.90 Å². The van der Waals surface area contributed by atoms with Gasteiger partial charge in [-0.25, -0.2) is 0 Å². The third kappa shape index (κ3) is 3.26. The molecule has 0 N–H and O–H groups in total. The lowest BCUT2D eigenvalue weighted by Gasteiger charge is -2.42. The van der Waals surface area contributed by atoms with E-state index in [0.717, 1.165) is 17.1 Å². The van der Waals surface area contributed by atoms with E-state index in [-0.39, 0.29) is 0 Å². The fourth-order valence-electron chi connectivity index (χ4n) is 4.41. The predicted octanol–water partition coefficient (Wildman–Crippen LogP) is 5.65. The van der Waals surface area contributed by atoms with Gasteiger partial charge in [0.1, 0.15) is 0 Å². The molecule has 1 nitrogen and oxygen atoms in total. The van der Waals surface area contributed by atoms with Crippen LogP contribution in [0, 0.1) is 5.92 Å². The Hall–Kier alpha value is -0.790. The lowest BCUT2D eigenvalue weighted by atomic mass is 9.76. The third-order valence-corrected chi connectivity index (χ3v) is 5.96. The summed E-state index contributed by atoms with van der Waals surface area (Å²) in [6, 6.07) is 10.1. The summed E-state index contributed by atoms with van der Waals surface area (Å²) in [5, 5.41) is 0.842. The van der Waals surface area contributed by atoms with Gasteiger partial charge in [-0.3, -0.25) is 4.90 Å². The normalized spacial score (nSPS) is 32.0. The summed E-state index contributed by atoms with van der Waals surface area (Å²) in [6.45, 7) is 2.26. The molecule has 0 saturated carbocycles. The molecule has 22 heavy (non-hydrogen) atoms. The lowest BCUT2D eigenvalue weighted by Crippen LogP contribution is -2.45. The monoisotopic (exact) mass is 317 g/mol. The summed E-state index contributed by atoms with van der Waals surface area (Å²) in [5.74, 6) is 1.31. The van der Waals surface area contributed by atoms with E-state index < -0.39 is 0 Å². The zero-order chi connectivity index (χ0) is 15.5. The first-order valence-corrected chi connectivity index (χ1v) is 9.22. The molecule has 2 aliphatic rings. The molecule has 2 aliphatic heterocycles. The lowest BCUT2D eigenvalue weighted by molar-refractivity contribution is 0.124. The molecule has 0 amide bonds. The molecule has 0 aromatic heterocycles. The first-order chi connectivity index (χ1) is 10.7. The van der Waals surface area contributed by atoms with Gasteiger partial charge in [0.2, 0.25) is 0 Å². The number of benzene rings is 1. The maximum Gasteiger partial charge on any atom is 0.0406 e. The van der Waals surface area contributed by atoms with Gasteiger partial charge in [-0.05, 0) is 62.3 Å². The molecule has 2 heteroatoms. The van der Waals surface area contributed by atoms with Crippen molar-refractivity contribution in [2.24, 2.45) is 5.92 Å². The second-order valence-corrected chi connectivity index (χ2v) is 7.44. The van der Waals surface area contributed by atoms with Crippen molar-refractivity contribution in [3.05, 3.63) is 47.0 Å². The highest BCUT2D eigenvalue weighted by Gasteiger charge is 2.44. The average Bonchev–Trinajstić information content (AvgIpc) is 2.77. The van der Waals surface area contributed by atoms with Gasteiger partial charge in [-0.2, -0.15) is 0 Å². The van der Waals surface area contributed by atoms with E-state index in [4.69, 9.17) is 11.6 Å². The highest BCUT2D eigenvalue weighted by Crippen LogP contribution is 2.46. The summed E-state index contributed by atoms with van der Waals surface area (Å²) >= 11 is 6.08.